The van der Waals surface area contributed by atoms with Gasteiger partial charge in [-0.25, -0.2) is 4.79 Å². The third-order valence-corrected chi connectivity index (χ3v) is 3.85. The van der Waals surface area contributed by atoms with Crippen LogP contribution in [0.2, 0.25) is 0 Å². The van der Waals surface area contributed by atoms with Crippen LogP contribution in [-0.4, -0.2) is 46.6 Å². The lowest BCUT2D eigenvalue weighted by atomic mass is 10.2. The van der Waals surface area contributed by atoms with Crippen LogP contribution in [0.3, 0.4) is 0 Å². The average molecular weight is 289 g/mol. The summed E-state index contributed by atoms with van der Waals surface area (Å²) >= 11 is 1.08. The van der Waals surface area contributed by atoms with E-state index in [4.69, 9.17) is 10.8 Å². The number of aliphatic carboxylic acids is 1. The largest absolute Gasteiger partial charge is 0.480 e. The van der Waals surface area contributed by atoms with Gasteiger partial charge in [0.1, 0.15) is 6.04 Å². The summed E-state index contributed by atoms with van der Waals surface area (Å²) in [6, 6.07) is -1.33. The summed E-state index contributed by atoms with van der Waals surface area (Å²) < 4.78 is 0. The van der Waals surface area contributed by atoms with Gasteiger partial charge in [-0.3, -0.25) is 14.9 Å². The first kappa shape index (κ1) is 15.8. The number of amides is 3. The maximum atomic E-state index is 11.4. The maximum Gasteiger partial charge on any atom is 0.321 e. The maximum absolute atomic E-state index is 11.4. The second-order valence-corrected chi connectivity index (χ2v) is 5.49. The Morgan fingerprint density at radius 3 is 2.53 bits per heavy atom. The minimum Gasteiger partial charge on any atom is -0.480 e. The number of carboxylic acid groups (broad SMARTS) is 1. The molecule has 1 aliphatic rings. The van der Waals surface area contributed by atoms with Gasteiger partial charge in [-0.05, 0) is 12.8 Å². The Morgan fingerprint density at radius 2 is 1.95 bits per heavy atom. The fraction of sp³-hybridized carbons (Fsp3) is 0.727. The molecule has 0 heterocycles. The first-order valence-electron chi connectivity index (χ1n) is 6.15. The monoisotopic (exact) mass is 289 g/mol. The molecular formula is C11H19N3O4S. The summed E-state index contributed by atoms with van der Waals surface area (Å²) in [6.07, 6.45) is 4.09. The Morgan fingerprint density at radius 1 is 1.32 bits per heavy atom. The SMILES string of the molecule is NC(CSCC(=O)NC(=O)NC1CCCC1)C(=O)O. The first-order valence-corrected chi connectivity index (χ1v) is 7.31. The van der Waals surface area contributed by atoms with E-state index in [-0.39, 0.29) is 17.5 Å². The van der Waals surface area contributed by atoms with Crippen molar-refractivity contribution in [1.29, 1.82) is 0 Å². The number of urea groups is 1. The number of carbonyl (C=O) groups is 3. The summed E-state index contributed by atoms with van der Waals surface area (Å²) in [5.74, 6) is -1.41. The number of nitrogens with one attached hydrogen (secondary N) is 2. The zero-order valence-electron chi connectivity index (χ0n) is 10.6. The molecule has 1 atom stereocenters. The lowest BCUT2D eigenvalue weighted by Crippen LogP contribution is -2.44. The molecule has 0 radical (unpaired) electrons. The number of thioether (sulfide) groups is 1. The van der Waals surface area contributed by atoms with Crippen molar-refractivity contribution in [1.82, 2.24) is 10.6 Å². The van der Waals surface area contributed by atoms with E-state index in [0.717, 1.165) is 37.4 Å². The summed E-state index contributed by atoms with van der Waals surface area (Å²) in [7, 11) is 0. The van der Waals surface area contributed by atoms with E-state index in [1.807, 2.05) is 0 Å². The molecular weight excluding hydrogens is 270 g/mol. The molecule has 1 unspecified atom stereocenters. The zero-order chi connectivity index (χ0) is 14.3. The third kappa shape index (κ3) is 6.44. The van der Waals surface area contributed by atoms with Crippen LogP contribution in [0.5, 0.6) is 0 Å². The molecule has 0 bridgehead atoms. The molecule has 0 aliphatic heterocycles. The fourth-order valence-electron chi connectivity index (χ4n) is 1.80. The van der Waals surface area contributed by atoms with Gasteiger partial charge >= 0.3 is 12.0 Å². The smallest absolute Gasteiger partial charge is 0.321 e. The van der Waals surface area contributed by atoms with Crippen molar-refractivity contribution in [3.8, 4) is 0 Å². The van der Waals surface area contributed by atoms with Gasteiger partial charge in [0.2, 0.25) is 5.91 Å². The molecule has 1 fully saturated rings. The minimum atomic E-state index is -1.10. The van der Waals surface area contributed by atoms with E-state index in [9.17, 15) is 14.4 Å². The van der Waals surface area contributed by atoms with Gasteiger partial charge in [-0.1, -0.05) is 12.8 Å². The summed E-state index contributed by atoms with van der Waals surface area (Å²) in [5.41, 5.74) is 5.28. The molecule has 5 N–H and O–H groups in total. The Balaban J connectivity index is 2.12. The van der Waals surface area contributed by atoms with Crippen LogP contribution >= 0.6 is 11.8 Å². The van der Waals surface area contributed by atoms with Crippen LogP contribution < -0.4 is 16.4 Å². The van der Waals surface area contributed by atoms with E-state index in [1.54, 1.807) is 0 Å². The van der Waals surface area contributed by atoms with Crippen molar-refractivity contribution in [2.45, 2.75) is 37.8 Å². The van der Waals surface area contributed by atoms with Crippen LogP contribution in [0.4, 0.5) is 4.79 Å². The highest BCUT2D eigenvalue weighted by atomic mass is 32.2. The highest BCUT2D eigenvalue weighted by molar-refractivity contribution is 8.00. The molecule has 0 saturated heterocycles. The normalized spacial score (nSPS) is 16.9. The van der Waals surface area contributed by atoms with Gasteiger partial charge in [-0.15, -0.1) is 11.8 Å². The highest BCUT2D eigenvalue weighted by Gasteiger charge is 2.18. The summed E-state index contributed by atoms with van der Waals surface area (Å²) in [5, 5.41) is 13.5. The second-order valence-electron chi connectivity index (χ2n) is 4.46. The quantitative estimate of drug-likeness (QED) is 0.542. The standard InChI is InChI=1S/C11H19N3O4S/c12-8(10(16)17)5-19-6-9(15)14-11(18)13-7-3-1-2-4-7/h7-8H,1-6,12H2,(H,16,17)(H2,13,14,15,18). The molecule has 0 aromatic carbocycles. The highest BCUT2D eigenvalue weighted by Crippen LogP contribution is 2.17. The molecule has 1 rings (SSSR count). The number of imide groups is 1. The van der Waals surface area contributed by atoms with Crippen LogP contribution in [0.25, 0.3) is 0 Å². The van der Waals surface area contributed by atoms with Gasteiger partial charge in [0, 0.05) is 11.8 Å². The third-order valence-electron chi connectivity index (χ3n) is 2.79. The van der Waals surface area contributed by atoms with E-state index in [0.29, 0.717) is 0 Å². The molecule has 0 aromatic heterocycles. The molecule has 19 heavy (non-hydrogen) atoms. The van der Waals surface area contributed by atoms with Crippen LogP contribution in [-0.2, 0) is 9.59 Å². The van der Waals surface area contributed by atoms with Crippen LogP contribution in [0, 0.1) is 0 Å². The molecule has 108 valence electrons. The van der Waals surface area contributed by atoms with Gasteiger partial charge in [0.05, 0.1) is 5.75 Å². The number of hydrogen-bond donors (Lipinski definition) is 4. The van der Waals surface area contributed by atoms with Crippen molar-refractivity contribution in [2.75, 3.05) is 11.5 Å². The van der Waals surface area contributed by atoms with Crippen molar-refractivity contribution in [3.05, 3.63) is 0 Å². The molecule has 0 spiro atoms. The predicted octanol–water partition coefficient (Wildman–Crippen LogP) is -0.100. The van der Waals surface area contributed by atoms with Crippen LogP contribution in [0.15, 0.2) is 0 Å². The lowest BCUT2D eigenvalue weighted by molar-refractivity contribution is -0.138. The number of nitrogens with two attached hydrogens (primary N) is 1. The molecule has 1 saturated carbocycles. The van der Waals surface area contributed by atoms with Gasteiger partial charge in [-0.2, -0.15) is 0 Å². The Labute approximate surface area is 115 Å². The topological polar surface area (TPSA) is 122 Å². The van der Waals surface area contributed by atoms with E-state index >= 15 is 0 Å². The number of rotatable bonds is 6. The fourth-order valence-corrected chi connectivity index (χ4v) is 2.58. The van der Waals surface area contributed by atoms with Crippen LogP contribution in [0.1, 0.15) is 25.7 Å². The number of hydrogen-bond acceptors (Lipinski definition) is 5. The van der Waals surface area contributed by atoms with Crippen molar-refractivity contribution in [2.24, 2.45) is 5.73 Å². The van der Waals surface area contributed by atoms with Crippen molar-refractivity contribution < 1.29 is 19.5 Å². The Hall–Kier alpha value is -1.28. The van der Waals surface area contributed by atoms with Gasteiger partial charge < -0.3 is 16.2 Å². The summed E-state index contributed by atoms with van der Waals surface area (Å²) in [4.78, 5) is 33.3. The summed E-state index contributed by atoms with van der Waals surface area (Å²) in [6.45, 7) is 0. The van der Waals surface area contributed by atoms with Crippen molar-refractivity contribution in [3.63, 3.8) is 0 Å². The van der Waals surface area contributed by atoms with E-state index in [1.165, 1.54) is 0 Å². The van der Waals surface area contributed by atoms with Crippen molar-refractivity contribution >= 4 is 29.7 Å². The van der Waals surface area contributed by atoms with Gasteiger partial charge in [0.15, 0.2) is 0 Å². The molecule has 7 nitrogen and oxygen atoms in total. The lowest BCUT2D eigenvalue weighted by Gasteiger charge is -2.12. The average Bonchev–Trinajstić information content (AvgIpc) is 2.81. The number of carbonyl (C=O) groups excluding carboxylic acids is 2. The Kier molecular flexibility index (Phi) is 6.65. The zero-order valence-corrected chi connectivity index (χ0v) is 11.4. The molecule has 8 heteroatoms. The van der Waals surface area contributed by atoms with Gasteiger partial charge in [0.25, 0.3) is 0 Å². The Bertz CT molecular complexity index is 345. The molecule has 3 amide bonds. The van der Waals surface area contributed by atoms with E-state index < -0.39 is 23.9 Å². The molecule has 1 aliphatic carbocycles. The van der Waals surface area contributed by atoms with E-state index in [2.05, 4.69) is 10.6 Å². The second kappa shape index (κ2) is 8.00. The first-order chi connectivity index (χ1) is 8.99. The minimum absolute atomic E-state index is 0.0130. The molecule has 0 aromatic rings. The number of carboxylic acids is 1. The predicted molar refractivity (Wildman–Crippen MR) is 71.9 cm³/mol.